The Morgan fingerprint density at radius 1 is 1.32 bits per heavy atom. The molecule has 0 amide bonds. The summed E-state index contributed by atoms with van der Waals surface area (Å²) in [6, 6.07) is 0. The first-order chi connectivity index (χ1) is 10.6. The molecule has 0 radical (unpaired) electrons. The van der Waals surface area contributed by atoms with Crippen molar-refractivity contribution < 1.29 is 19.7 Å². The molecule has 4 heteroatoms. The first-order valence-electron chi connectivity index (χ1n) is 7.35. The Labute approximate surface area is 132 Å². The molecule has 120 valence electrons. The van der Waals surface area contributed by atoms with E-state index in [0.29, 0.717) is 32.3 Å². The first kappa shape index (κ1) is 20.0. The zero-order valence-electron chi connectivity index (χ0n) is 13.2. The second-order valence-corrected chi connectivity index (χ2v) is 4.44. The predicted octanol–water partition coefficient (Wildman–Crippen LogP) is 1.97. The van der Waals surface area contributed by atoms with Gasteiger partial charge in [-0.05, 0) is 32.8 Å². The molecule has 0 bridgehead atoms. The van der Waals surface area contributed by atoms with Crippen LogP contribution in [-0.4, -0.2) is 35.0 Å². The molecule has 0 aliphatic heterocycles. The van der Waals surface area contributed by atoms with Gasteiger partial charge in [-0.25, -0.2) is 0 Å². The lowest BCUT2D eigenvalue weighted by Crippen LogP contribution is -2.07. The number of esters is 1. The van der Waals surface area contributed by atoms with Crippen molar-refractivity contribution in [2.24, 2.45) is 0 Å². The van der Waals surface area contributed by atoms with Gasteiger partial charge in [-0.1, -0.05) is 30.1 Å². The maximum atomic E-state index is 11.1. The van der Waals surface area contributed by atoms with Gasteiger partial charge in [0.1, 0.15) is 6.10 Å². The van der Waals surface area contributed by atoms with Gasteiger partial charge in [0, 0.05) is 12.8 Å². The van der Waals surface area contributed by atoms with E-state index in [1.807, 2.05) is 0 Å². The SMILES string of the molecule is CC#CC[C@@H](O)/C=C/C=C/C#C[C@@H](O)CCCC(=O)OCC. The fourth-order valence-corrected chi connectivity index (χ4v) is 1.46. The highest BCUT2D eigenvalue weighted by molar-refractivity contribution is 5.69. The van der Waals surface area contributed by atoms with Crippen LogP contribution in [0.2, 0.25) is 0 Å². The van der Waals surface area contributed by atoms with E-state index in [1.54, 1.807) is 38.2 Å². The lowest BCUT2D eigenvalue weighted by Gasteiger charge is -2.03. The normalized spacial score (nSPS) is 13.1. The summed E-state index contributed by atoms with van der Waals surface area (Å²) in [5.74, 6) is 10.6. The van der Waals surface area contributed by atoms with Gasteiger partial charge in [0.05, 0.1) is 12.7 Å². The number of hydrogen-bond donors (Lipinski definition) is 2. The van der Waals surface area contributed by atoms with E-state index in [1.165, 1.54) is 0 Å². The van der Waals surface area contributed by atoms with Crippen LogP contribution in [0.1, 0.15) is 39.5 Å². The van der Waals surface area contributed by atoms with Crippen LogP contribution in [0, 0.1) is 23.7 Å². The molecule has 0 spiro atoms. The van der Waals surface area contributed by atoms with Gasteiger partial charge in [-0.2, -0.15) is 0 Å². The Kier molecular flexibility index (Phi) is 12.7. The number of carbonyl (C=O) groups is 1. The van der Waals surface area contributed by atoms with Crippen molar-refractivity contribution in [3.05, 3.63) is 24.3 Å². The average Bonchev–Trinajstić information content (AvgIpc) is 2.48. The number of allylic oxidation sites excluding steroid dienone is 3. The molecule has 0 aromatic heterocycles. The van der Waals surface area contributed by atoms with Gasteiger partial charge >= 0.3 is 5.97 Å². The molecule has 2 atom stereocenters. The molecule has 0 heterocycles. The van der Waals surface area contributed by atoms with Crippen LogP contribution in [0.15, 0.2) is 24.3 Å². The predicted molar refractivity (Wildman–Crippen MR) is 86.6 cm³/mol. The Balaban J connectivity index is 3.92. The van der Waals surface area contributed by atoms with Crippen molar-refractivity contribution in [1.82, 2.24) is 0 Å². The molecule has 22 heavy (non-hydrogen) atoms. The Morgan fingerprint density at radius 2 is 2.09 bits per heavy atom. The molecule has 0 rings (SSSR count). The molecular formula is C18H24O4. The summed E-state index contributed by atoms with van der Waals surface area (Å²) in [6.45, 7) is 3.86. The van der Waals surface area contributed by atoms with Crippen molar-refractivity contribution in [2.75, 3.05) is 6.61 Å². The van der Waals surface area contributed by atoms with Gasteiger partial charge in [0.25, 0.3) is 0 Å². The molecule has 4 nitrogen and oxygen atoms in total. The maximum Gasteiger partial charge on any atom is 0.305 e. The standard InChI is InChI=1S/C18H24O4/c1-3-5-11-16(19)12-8-6-7-9-13-17(20)14-10-15-18(21)22-4-2/h6-8,12,16-17,19-20H,4,10-11,14-15H2,1-2H3/b7-6+,12-8+/t16-,17-/m1/s1. The van der Waals surface area contributed by atoms with Crippen LogP contribution in [0.25, 0.3) is 0 Å². The van der Waals surface area contributed by atoms with E-state index in [0.717, 1.165) is 0 Å². The summed E-state index contributed by atoms with van der Waals surface area (Å²) in [6.07, 6.45) is 6.92. The summed E-state index contributed by atoms with van der Waals surface area (Å²) in [5.41, 5.74) is 0. The summed E-state index contributed by atoms with van der Waals surface area (Å²) >= 11 is 0. The molecule has 0 saturated carbocycles. The number of aliphatic hydroxyl groups excluding tert-OH is 2. The number of rotatable bonds is 8. The third-order valence-corrected chi connectivity index (χ3v) is 2.53. The number of ether oxygens (including phenoxy) is 1. The zero-order valence-corrected chi connectivity index (χ0v) is 13.2. The van der Waals surface area contributed by atoms with Crippen molar-refractivity contribution in [1.29, 1.82) is 0 Å². The number of hydrogen-bond acceptors (Lipinski definition) is 4. The summed E-state index contributed by atoms with van der Waals surface area (Å²) in [7, 11) is 0. The molecule has 0 aromatic carbocycles. The highest BCUT2D eigenvalue weighted by atomic mass is 16.5. The van der Waals surface area contributed by atoms with Gasteiger partial charge < -0.3 is 14.9 Å². The third kappa shape index (κ3) is 13.0. The quantitative estimate of drug-likeness (QED) is 0.409. The summed E-state index contributed by atoms with van der Waals surface area (Å²) in [5, 5.41) is 19.1. The van der Waals surface area contributed by atoms with Gasteiger partial charge in [-0.3, -0.25) is 4.79 Å². The monoisotopic (exact) mass is 304 g/mol. The second-order valence-electron chi connectivity index (χ2n) is 4.44. The fraction of sp³-hybridized carbons (Fsp3) is 0.500. The Morgan fingerprint density at radius 3 is 2.77 bits per heavy atom. The van der Waals surface area contributed by atoms with Crippen LogP contribution in [-0.2, 0) is 9.53 Å². The molecular weight excluding hydrogens is 280 g/mol. The Hall–Kier alpha value is -2.01. The van der Waals surface area contributed by atoms with E-state index in [9.17, 15) is 15.0 Å². The fourth-order valence-electron chi connectivity index (χ4n) is 1.46. The second kappa shape index (κ2) is 13.9. The highest BCUT2D eigenvalue weighted by Gasteiger charge is 2.04. The van der Waals surface area contributed by atoms with E-state index in [4.69, 9.17) is 4.74 Å². The molecule has 2 N–H and O–H groups in total. The minimum absolute atomic E-state index is 0.251. The van der Waals surface area contributed by atoms with Crippen LogP contribution in [0.3, 0.4) is 0 Å². The minimum atomic E-state index is -0.756. The van der Waals surface area contributed by atoms with Crippen LogP contribution >= 0.6 is 0 Å². The van der Waals surface area contributed by atoms with Gasteiger partial charge in [-0.15, -0.1) is 11.8 Å². The van der Waals surface area contributed by atoms with Crippen LogP contribution < -0.4 is 0 Å². The third-order valence-electron chi connectivity index (χ3n) is 2.53. The van der Waals surface area contributed by atoms with Gasteiger partial charge in [0.2, 0.25) is 0 Å². The number of aliphatic hydroxyl groups is 2. The molecule has 0 unspecified atom stereocenters. The van der Waals surface area contributed by atoms with Crippen molar-refractivity contribution in [2.45, 2.75) is 51.7 Å². The smallest absolute Gasteiger partial charge is 0.305 e. The highest BCUT2D eigenvalue weighted by Crippen LogP contribution is 2.01. The zero-order chi connectivity index (χ0) is 16.6. The minimum Gasteiger partial charge on any atom is -0.466 e. The van der Waals surface area contributed by atoms with E-state index < -0.39 is 12.2 Å². The summed E-state index contributed by atoms with van der Waals surface area (Å²) in [4.78, 5) is 11.1. The van der Waals surface area contributed by atoms with Crippen LogP contribution in [0.4, 0.5) is 0 Å². The first-order valence-corrected chi connectivity index (χ1v) is 7.35. The lowest BCUT2D eigenvalue weighted by molar-refractivity contribution is -0.143. The van der Waals surface area contributed by atoms with Crippen molar-refractivity contribution in [3.63, 3.8) is 0 Å². The average molecular weight is 304 g/mol. The molecule has 0 fully saturated rings. The topological polar surface area (TPSA) is 66.8 Å². The molecule has 0 aliphatic rings. The van der Waals surface area contributed by atoms with Crippen LogP contribution in [0.5, 0.6) is 0 Å². The Bertz CT molecular complexity index is 483. The van der Waals surface area contributed by atoms with Crippen molar-refractivity contribution in [3.8, 4) is 23.7 Å². The molecule has 0 saturated heterocycles. The largest absolute Gasteiger partial charge is 0.466 e. The van der Waals surface area contributed by atoms with Gasteiger partial charge in [0.15, 0.2) is 0 Å². The van der Waals surface area contributed by atoms with E-state index >= 15 is 0 Å². The lowest BCUT2D eigenvalue weighted by atomic mass is 10.1. The summed E-state index contributed by atoms with van der Waals surface area (Å²) < 4.78 is 4.79. The van der Waals surface area contributed by atoms with E-state index in [-0.39, 0.29) is 5.97 Å². The van der Waals surface area contributed by atoms with Crippen molar-refractivity contribution >= 4 is 5.97 Å². The van der Waals surface area contributed by atoms with E-state index in [2.05, 4.69) is 23.7 Å². The molecule has 0 aromatic rings. The maximum absolute atomic E-state index is 11.1. The number of carbonyl (C=O) groups excluding carboxylic acids is 1. The molecule has 0 aliphatic carbocycles.